The van der Waals surface area contributed by atoms with Gasteiger partial charge in [-0.15, -0.1) is 0 Å². The summed E-state index contributed by atoms with van der Waals surface area (Å²) in [5.74, 6) is 0.950. The topological polar surface area (TPSA) is 77.2 Å². The molecular weight excluding hydrogens is 364 g/mol. The van der Waals surface area contributed by atoms with Gasteiger partial charge in [0.25, 0.3) is 0 Å². The molecule has 0 radical (unpaired) electrons. The highest BCUT2D eigenvalue weighted by Gasteiger charge is 2.35. The van der Waals surface area contributed by atoms with Gasteiger partial charge in [0.15, 0.2) is 0 Å². The minimum Gasteiger partial charge on any atom is -0.276 e. The van der Waals surface area contributed by atoms with Crippen LogP contribution in [0.1, 0.15) is 49.0 Å². The highest BCUT2D eigenvalue weighted by molar-refractivity contribution is 7.92. The molecule has 0 amide bonds. The average molecular weight is 388 g/mol. The van der Waals surface area contributed by atoms with Crippen molar-refractivity contribution in [2.45, 2.75) is 37.6 Å². The molecule has 4 rings (SSSR count). The Hall–Kier alpha value is -2.19. The van der Waals surface area contributed by atoms with Crippen molar-refractivity contribution in [1.82, 2.24) is 18.7 Å². The van der Waals surface area contributed by atoms with E-state index in [0.29, 0.717) is 25.9 Å². The smallest absolute Gasteiger partial charge is 0.276 e. The molecule has 8 heteroatoms. The number of hydrogen-bond donors (Lipinski definition) is 0. The summed E-state index contributed by atoms with van der Waals surface area (Å²) in [4.78, 5) is 12.3. The van der Waals surface area contributed by atoms with E-state index in [1.165, 1.54) is 14.4 Å². The third-order valence-electron chi connectivity index (χ3n) is 5.31. The molecule has 0 bridgehead atoms. The van der Waals surface area contributed by atoms with Crippen LogP contribution >= 0.6 is 0 Å². The van der Waals surface area contributed by atoms with Crippen LogP contribution in [0.25, 0.3) is 6.08 Å². The van der Waals surface area contributed by atoms with Gasteiger partial charge in [-0.25, -0.2) is 17.9 Å². The molecule has 1 saturated carbocycles. The molecule has 0 N–H and O–H groups in total. The molecule has 2 heterocycles. The van der Waals surface area contributed by atoms with Gasteiger partial charge in [0.05, 0.1) is 0 Å². The molecule has 2 aliphatic rings. The number of hydrogen-bond acceptors (Lipinski definition) is 4. The van der Waals surface area contributed by atoms with Crippen LogP contribution < -0.4 is 5.69 Å². The first-order valence-electron chi connectivity index (χ1n) is 9.34. The average Bonchev–Trinajstić information content (AvgIpc) is 3.47. The van der Waals surface area contributed by atoms with Gasteiger partial charge < -0.3 is 0 Å². The molecule has 0 spiro atoms. The van der Waals surface area contributed by atoms with E-state index in [2.05, 4.69) is 5.10 Å². The SMILES string of the molecule is Cn1nc(C2CCN(S(=O)(=O)/C=C/c3ccccc3)CC2)n(C2CC2)c1=O. The first kappa shape index (κ1) is 18.2. The minimum atomic E-state index is -3.45. The summed E-state index contributed by atoms with van der Waals surface area (Å²) in [6, 6.07) is 9.67. The van der Waals surface area contributed by atoms with Crippen LogP contribution in [0.5, 0.6) is 0 Å². The van der Waals surface area contributed by atoms with Gasteiger partial charge in [-0.05, 0) is 37.3 Å². The van der Waals surface area contributed by atoms with Gasteiger partial charge in [-0.1, -0.05) is 30.3 Å². The Morgan fingerprint density at radius 3 is 2.37 bits per heavy atom. The third-order valence-corrected chi connectivity index (χ3v) is 6.87. The fourth-order valence-electron chi connectivity index (χ4n) is 3.64. The molecule has 2 fully saturated rings. The van der Waals surface area contributed by atoms with E-state index in [1.807, 2.05) is 34.9 Å². The molecule has 1 aromatic heterocycles. The second kappa shape index (κ2) is 7.09. The largest absolute Gasteiger partial charge is 0.345 e. The van der Waals surface area contributed by atoms with Crippen molar-refractivity contribution in [2.75, 3.05) is 13.1 Å². The van der Waals surface area contributed by atoms with E-state index in [0.717, 1.165) is 24.2 Å². The van der Waals surface area contributed by atoms with Crippen molar-refractivity contribution in [3.63, 3.8) is 0 Å². The summed E-state index contributed by atoms with van der Waals surface area (Å²) in [6.45, 7) is 0.892. The summed E-state index contributed by atoms with van der Waals surface area (Å²) in [5, 5.41) is 5.72. The predicted octanol–water partition coefficient (Wildman–Crippen LogP) is 2.10. The van der Waals surface area contributed by atoms with Crippen LogP contribution in [-0.4, -0.2) is 40.2 Å². The lowest BCUT2D eigenvalue weighted by molar-refractivity contribution is 0.311. The maximum Gasteiger partial charge on any atom is 0.345 e. The summed E-state index contributed by atoms with van der Waals surface area (Å²) >= 11 is 0. The zero-order valence-corrected chi connectivity index (χ0v) is 16.2. The van der Waals surface area contributed by atoms with Gasteiger partial charge in [0.1, 0.15) is 5.82 Å². The normalized spacial score (nSPS) is 19.7. The maximum atomic E-state index is 12.6. The summed E-state index contributed by atoms with van der Waals surface area (Å²) in [6.07, 6.45) is 5.04. The van der Waals surface area contributed by atoms with Gasteiger partial charge in [-0.3, -0.25) is 4.57 Å². The monoisotopic (exact) mass is 388 g/mol. The Morgan fingerprint density at radius 2 is 1.74 bits per heavy atom. The second-order valence-electron chi connectivity index (χ2n) is 7.30. The van der Waals surface area contributed by atoms with Crippen LogP contribution in [0.2, 0.25) is 0 Å². The zero-order valence-electron chi connectivity index (χ0n) is 15.4. The second-order valence-corrected chi connectivity index (χ2v) is 9.12. The molecule has 7 nitrogen and oxygen atoms in total. The van der Waals surface area contributed by atoms with Crippen LogP contribution in [0.3, 0.4) is 0 Å². The summed E-state index contributed by atoms with van der Waals surface area (Å²) < 4.78 is 30.0. The van der Waals surface area contributed by atoms with E-state index in [9.17, 15) is 13.2 Å². The highest BCUT2D eigenvalue weighted by atomic mass is 32.2. The number of sulfonamides is 1. The molecule has 0 unspecified atom stereocenters. The fraction of sp³-hybridized carbons (Fsp3) is 0.474. The summed E-state index contributed by atoms with van der Waals surface area (Å²) in [7, 11) is -1.77. The molecule has 2 aromatic rings. The molecule has 1 aliphatic carbocycles. The molecule has 1 aromatic carbocycles. The van der Waals surface area contributed by atoms with E-state index in [4.69, 9.17) is 0 Å². The standard InChI is InChI=1S/C19H24N4O3S/c1-21-19(24)23(17-7-8-17)18(20-21)16-9-12-22(13-10-16)27(25,26)14-11-15-5-3-2-4-6-15/h2-6,11,14,16-17H,7-10,12-13H2,1H3/b14-11+. The Labute approximate surface area is 159 Å². The van der Waals surface area contributed by atoms with Crippen LogP contribution in [0.15, 0.2) is 40.5 Å². The quantitative estimate of drug-likeness (QED) is 0.786. The molecule has 1 saturated heterocycles. The molecule has 0 atom stereocenters. The van der Waals surface area contributed by atoms with Gasteiger partial charge in [0.2, 0.25) is 10.0 Å². The number of aryl methyl sites for hydroxylation is 1. The number of benzene rings is 1. The zero-order chi connectivity index (χ0) is 19.0. The van der Waals surface area contributed by atoms with Crippen molar-refractivity contribution in [3.05, 3.63) is 57.6 Å². The predicted molar refractivity (Wildman–Crippen MR) is 104 cm³/mol. The van der Waals surface area contributed by atoms with Crippen molar-refractivity contribution >= 4 is 16.1 Å². The number of piperidine rings is 1. The maximum absolute atomic E-state index is 12.6. The van der Waals surface area contributed by atoms with E-state index < -0.39 is 10.0 Å². The van der Waals surface area contributed by atoms with Crippen LogP contribution in [0, 0.1) is 0 Å². The third kappa shape index (κ3) is 3.77. The Bertz CT molecular complexity index is 995. The van der Waals surface area contributed by atoms with Gasteiger partial charge in [-0.2, -0.15) is 9.40 Å². The number of rotatable bonds is 5. The lowest BCUT2D eigenvalue weighted by Gasteiger charge is -2.29. The van der Waals surface area contributed by atoms with Crippen LogP contribution in [0.4, 0.5) is 0 Å². The first-order valence-corrected chi connectivity index (χ1v) is 10.8. The van der Waals surface area contributed by atoms with Crippen LogP contribution in [-0.2, 0) is 17.1 Å². The summed E-state index contributed by atoms with van der Waals surface area (Å²) in [5.41, 5.74) is 0.797. The highest BCUT2D eigenvalue weighted by Crippen LogP contribution is 2.37. The lowest BCUT2D eigenvalue weighted by Crippen LogP contribution is -2.37. The molecule has 27 heavy (non-hydrogen) atoms. The molecular formula is C19H24N4O3S. The van der Waals surface area contributed by atoms with Crippen molar-refractivity contribution in [3.8, 4) is 0 Å². The van der Waals surface area contributed by atoms with E-state index >= 15 is 0 Å². The van der Waals surface area contributed by atoms with E-state index in [-0.39, 0.29) is 17.6 Å². The Morgan fingerprint density at radius 1 is 1.07 bits per heavy atom. The Balaban J connectivity index is 1.45. The van der Waals surface area contributed by atoms with Gasteiger partial charge >= 0.3 is 5.69 Å². The number of nitrogens with zero attached hydrogens (tertiary/aromatic N) is 4. The van der Waals surface area contributed by atoms with Crippen molar-refractivity contribution in [1.29, 1.82) is 0 Å². The van der Waals surface area contributed by atoms with Gasteiger partial charge in [0, 0.05) is 37.5 Å². The van der Waals surface area contributed by atoms with Crippen molar-refractivity contribution < 1.29 is 8.42 Å². The molecule has 144 valence electrons. The van der Waals surface area contributed by atoms with Crippen molar-refractivity contribution in [2.24, 2.45) is 7.05 Å². The first-order chi connectivity index (χ1) is 13.0. The number of aromatic nitrogens is 3. The fourth-order valence-corrected chi connectivity index (χ4v) is 4.86. The minimum absolute atomic E-state index is 0.0617. The van der Waals surface area contributed by atoms with E-state index in [1.54, 1.807) is 13.1 Å². The molecule has 1 aliphatic heterocycles. The Kier molecular flexibility index (Phi) is 4.77. The lowest BCUT2D eigenvalue weighted by atomic mass is 9.97.